The summed E-state index contributed by atoms with van der Waals surface area (Å²) in [5, 5.41) is 0. The van der Waals surface area contributed by atoms with Crippen molar-refractivity contribution >= 4 is 31.8 Å². The first-order valence-corrected chi connectivity index (χ1v) is 8.58. The van der Waals surface area contributed by atoms with Crippen molar-refractivity contribution in [1.82, 2.24) is 4.31 Å². The highest BCUT2D eigenvalue weighted by molar-refractivity contribution is 9.10. The summed E-state index contributed by atoms with van der Waals surface area (Å²) in [6.07, 6.45) is 1.47. The zero-order valence-electron chi connectivity index (χ0n) is 10.9. The van der Waals surface area contributed by atoms with Gasteiger partial charge in [0.25, 0.3) is 0 Å². The van der Waals surface area contributed by atoms with Crippen molar-refractivity contribution < 1.29 is 12.8 Å². The predicted molar refractivity (Wildman–Crippen MR) is 80.0 cm³/mol. The van der Waals surface area contributed by atoms with Crippen molar-refractivity contribution in [3.8, 4) is 0 Å². The summed E-state index contributed by atoms with van der Waals surface area (Å²) in [6.45, 7) is 1.40. The third-order valence-electron chi connectivity index (χ3n) is 3.42. The summed E-state index contributed by atoms with van der Waals surface area (Å²) in [6, 6.07) is 4.20. The molecule has 0 radical (unpaired) electrons. The summed E-state index contributed by atoms with van der Waals surface area (Å²) in [7, 11) is -3.72. The molecule has 0 saturated carbocycles. The summed E-state index contributed by atoms with van der Waals surface area (Å²) in [5.74, 6) is -0.245. The highest BCUT2D eigenvalue weighted by Crippen LogP contribution is 2.23. The van der Waals surface area contributed by atoms with Crippen LogP contribution in [0, 0.1) is 11.7 Å². The van der Waals surface area contributed by atoms with Gasteiger partial charge in [0.15, 0.2) is 0 Å². The Hall–Kier alpha value is -0.700. The van der Waals surface area contributed by atoms with Crippen molar-refractivity contribution in [3.63, 3.8) is 0 Å². The second-order valence-corrected chi connectivity index (χ2v) is 7.40. The maximum atomic E-state index is 13.7. The quantitative estimate of drug-likeness (QED) is 0.855. The highest BCUT2D eigenvalue weighted by Gasteiger charge is 2.27. The molecule has 0 bridgehead atoms. The van der Waals surface area contributed by atoms with Crippen LogP contribution in [0.25, 0.3) is 0 Å². The molecular weight excluding hydrogens is 349 g/mol. The number of nitrogens with two attached hydrogens (primary N) is 1. The van der Waals surface area contributed by atoms with Gasteiger partial charge in [-0.1, -0.05) is 15.9 Å². The minimum absolute atomic E-state index is 0.0471. The first kappa shape index (κ1) is 15.7. The second-order valence-electron chi connectivity index (χ2n) is 4.81. The molecule has 0 aliphatic carbocycles. The Bertz CT molecular complexity index is 574. The lowest BCUT2D eigenvalue weighted by molar-refractivity contribution is 0.280. The van der Waals surface area contributed by atoms with Gasteiger partial charge in [0.05, 0.1) is 5.69 Å². The Balaban J connectivity index is 2.08. The third-order valence-corrected chi connectivity index (χ3v) is 5.43. The lowest BCUT2D eigenvalue weighted by atomic mass is 9.99. The van der Waals surface area contributed by atoms with Crippen molar-refractivity contribution in [2.24, 2.45) is 11.7 Å². The molecule has 0 aromatic heterocycles. The van der Waals surface area contributed by atoms with Crippen LogP contribution in [-0.2, 0) is 10.2 Å². The standard InChI is InChI=1S/C12H17BrFN3O2S/c13-10-1-2-12(11(14)7-10)16-20(18,19)17-5-3-9(8-15)4-6-17/h1-2,7,9,16H,3-6,8,15H2. The molecule has 1 aromatic carbocycles. The van der Waals surface area contributed by atoms with Crippen LogP contribution in [0.5, 0.6) is 0 Å². The van der Waals surface area contributed by atoms with Gasteiger partial charge in [-0.3, -0.25) is 4.72 Å². The minimum atomic E-state index is -3.72. The molecule has 1 fully saturated rings. The van der Waals surface area contributed by atoms with Crippen molar-refractivity contribution in [2.45, 2.75) is 12.8 Å². The Labute approximate surface area is 126 Å². The number of benzene rings is 1. The van der Waals surface area contributed by atoms with E-state index in [1.54, 1.807) is 6.07 Å². The molecule has 8 heteroatoms. The Morgan fingerprint density at radius 1 is 1.40 bits per heavy atom. The van der Waals surface area contributed by atoms with Crippen molar-refractivity contribution in [3.05, 3.63) is 28.5 Å². The number of nitrogens with one attached hydrogen (secondary N) is 1. The fraction of sp³-hybridized carbons (Fsp3) is 0.500. The first-order chi connectivity index (χ1) is 9.42. The molecule has 0 atom stereocenters. The van der Waals surface area contributed by atoms with Crippen molar-refractivity contribution in [1.29, 1.82) is 0 Å². The Kier molecular flexibility index (Phi) is 5.00. The third kappa shape index (κ3) is 3.69. The zero-order chi connectivity index (χ0) is 14.8. The van der Waals surface area contributed by atoms with Crippen LogP contribution in [0.1, 0.15) is 12.8 Å². The van der Waals surface area contributed by atoms with Crippen LogP contribution in [0.15, 0.2) is 22.7 Å². The normalized spacial score (nSPS) is 18.1. The van der Waals surface area contributed by atoms with E-state index in [0.717, 1.165) is 12.8 Å². The van der Waals surface area contributed by atoms with E-state index in [1.165, 1.54) is 16.4 Å². The number of anilines is 1. The Morgan fingerprint density at radius 3 is 2.60 bits per heavy atom. The lowest BCUT2D eigenvalue weighted by Gasteiger charge is -2.30. The summed E-state index contributed by atoms with van der Waals surface area (Å²) < 4.78 is 42.2. The van der Waals surface area contributed by atoms with E-state index in [0.29, 0.717) is 30.0 Å². The van der Waals surface area contributed by atoms with Gasteiger partial charge in [0, 0.05) is 17.6 Å². The molecule has 0 spiro atoms. The smallest absolute Gasteiger partial charge is 0.301 e. The van der Waals surface area contributed by atoms with E-state index in [-0.39, 0.29) is 5.69 Å². The van der Waals surface area contributed by atoms with Crippen LogP contribution in [0.2, 0.25) is 0 Å². The minimum Gasteiger partial charge on any atom is -0.330 e. The van der Waals surface area contributed by atoms with Gasteiger partial charge in [-0.2, -0.15) is 12.7 Å². The largest absolute Gasteiger partial charge is 0.330 e. The summed E-state index contributed by atoms with van der Waals surface area (Å²) in [4.78, 5) is 0. The highest BCUT2D eigenvalue weighted by atomic mass is 79.9. The van der Waals surface area contributed by atoms with Gasteiger partial charge in [-0.25, -0.2) is 4.39 Å². The molecule has 112 valence electrons. The van der Waals surface area contributed by atoms with Gasteiger partial charge in [0.2, 0.25) is 0 Å². The number of nitrogens with zero attached hydrogens (tertiary/aromatic N) is 1. The van der Waals surface area contributed by atoms with Gasteiger partial charge >= 0.3 is 10.2 Å². The van der Waals surface area contributed by atoms with E-state index in [9.17, 15) is 12.8 Å². The van der Waals surface area contributed by atoms with Gasteiger partial charge in [0.1, 0.15) is 5.82 Å². The molecular formula is C12H17BrFN3O2S. The summed E-state index contributed by atoms with van der Waals surface area (Å²) >= 11 is 3.13. The van der Waals surface area contributed by atoms with Crippen molar-refractivity contribution in [2.75, 3.05) is 24.4 Å². The molecule has 1 heterocycles. The molecule has 5 nitrogen and oxygen atoms in total. The molecule has 1 aromatic rings. The monoisotopic (exact) mass is 365 g/mol. The van der Waals surface area contributed by atoms with Crippen LogP contribution in [0.3, 0.4) is 0 Å². The van der Waals surface area contributed by atoms with E-state index in [1.807, 2.05) is 0 Å². The number of piperidine rings is 1. The lowest BCUT2D eigenvalue weighted by Crippen LogP contribution is -2.42. The molecule has 20 heavy (non-hydrogen) atoms. The fourth-order valence-corrected chi connectivity index (χ4v) is 3.76. The molecule has 3 N–H and O–H groups in total. The predicted octanol–water partition coefficient (Wildman–Crippen LogP) is 1.92. The maximum absolute atomic E-state index is 13.7. The van der Waals surface area contributed by atoms with Crippen LogP contribution in [0.4, 0.5) is 10.1 Å². The number of hydrogen-bond acceptors (Lipinski definition) is 3. The van der Waals surface area contributed by atoms with E-state index >= 15 is 0 Å². The summed E-state index contributed by atoms with van der Waals surface area (Å²) in [5.41, 5.74) is 5.53. The molecule has 1 saturated heterocycles. The Morgan fingerprint density at radius 2 is 2.05 bits per heavy atom. The number of hydrogen-bond donors (Lipinski definition) is 2. The van der Waals surface area contributed by atoms with Crippen LogP contribution in [-0.4, -0.2) is 32.4 Å². The molecule has 0 unspecified atom stereocenters. The van der Waals surface area contributed by atoms with Crippen LogP contribution >= 0.6 is 15.9 Å². The zero-order valence-corrected chi connectivity index (χ0v) is 13.3. The molecule has 1 aliphatic rings. The average Bonchev–Trinajstić information content (AvgIpc) is 2.42. The van der Waals surface area contributed by atoms with E-state index < -0.39 is 16.0 Å². The topological polar surface area (TPSA) is 75.4 Å². The average molecular weight is 366 g/mol. The second kappa shape index (κ2) is 6.38. The molecule has 0 amide bonds. The SMILES string of the molecule is NCC1CCN(S(=O)(=O)Nc2ccc(Br)cc2F)CC1. The fourth-order valence-electron chi connectivity index (χ4n) is 2.16. The van der Waals surface area contributed by atoms with E-state index in [4.69, 9.17) is 5.73 Å². The first-order valence-electron chi connectivity index (χ1n) is 6.35. The van der Waals surface area contributed by atoms with Gasteiger partial charge in [-0.05, 0) is 43.5 Å². The van der Waals surface area contributed by atoms with Gasteiger partial charge in [-0.15, -0.1) is 0 Å². The van der Waals surface area contributed by atoms with Crippen LogP contribution < -0.4 is 10.5 Å². The maximum Gasteiger partial charge on any atom is 0.301 e. The molecule has 1 aliphatic heterocycles. The number of halogens is 2. The molecule has 2 rings (SSSR count). The van der Waals surface area contributed by atoms with E-state index in [2.05, 4.69) is 20.7 Å². The van der Waals surface area contributed by atoms with Gasteiger partial charge < -0.3 is 5.73 Å². The number of rotatable bonds is 4.